The first-order valence-electron chi connectivity index (χ1n) is 6.66. The van der Waals surface area contributed by atoms with E-state index in [-0.39, 0.29) is 5.91 Å². The molecule has 0 saturated carbocycles. The van der Waals surface area contributed by atoms with Gasteiger partial charge in [-0.15, -0.1) is 0 Å². The molecular weight excluding hydrogens is 268 g/mol. The van der Waals surface area contributed by atoms with E-state index in [1.807, 2.05) is 13.2 Å². The normalized spacial score (nSPS) is 10.9. The number of nitrogen functional groups attached to an aromatic ring is 1. The number of nitrogens with two attached hydrogens (primary N) is 1. The molecule has 3 aromatic rings. The first-order valence-corrected chi connectivity index (χ1v) is 6.66. The SMILES string of the molecule is Cn1cc(CCNC(=O)c2cc3cc(N)ccc3o2)cn1. The Morgan fingerprint density at radius 1 is 1.43 bits per heavy atom. The van der Waals surface area contributed by atoms with Crippen LogP contribution in [0.15, 0.2) is 41.1 Å². The summed E-state index contributed by atoms with van der Waals surface area (Å²) in [4.78, 5) is 12.0. The predicted octanol–water partition coefficient (Wildman–Crippen LogP) is 1.72. The summed E-state index contributed by atoms with van der Waals surface area (Å²) < 4.78 is 7.24. The quantitative estimate of drug-likeness (QED) is 0.714. The van der Waals surface area contributed by atoms with Crippen LogP contribution in [0.3, 0.4) is 0 Å². The van der Waals surface area contributed by atoms with E-state index in [2.05, 4.69) is 10.4 Å². The van der Waals surface area contributed by atoms with Gasteiger partial charge in [0.2, 0.25) is 0 Å². The van der Waals surface area contributed by atoms with Crippen molar-refractivity contribution in [2.75, 3.05) is 12.3 Å². The van der Waals surface area contributed by atoms with Gasteiger partial charge < -0.3 is 15.5 Å². The van der Waals surface area contributed by atoms with Crippen LogP contribution in [0.4, 0.5) is 5.69 Å². The molecule has 0 aliphatic heterocycles. The summed E-state index contributed by atoms with van der Waals surface area (Å²) in [5, 5.41) is 7.74. The summed E-state index contributed by atoms with van der Waals surface area (Å²) in [7, 11) is 1.86. The van der Waals surface area contributed by atoms with Gasteiger partial charge in [-0.2, -0.15) is 5.10 Å². The summed E-state index contributed by atoms with van der Waals surface area (Å²) >= 11 is 0. The molecule has 0 atom stereocenters. The molecule has 0 bridgehead atoms. The first-order chi connectivity index (χ1) is 10.1. The molecule has 0 saturated heterocycles. The third kappa shape index (κ3) is 2.89. The van der Waals surface area contributed by atoms with E-state index >= 15 is 0 Å². The summed E-state index contributed by atoms with van der Waals surface area (Å²) in [5.41, 5.74) is 8.08. The van der Waals surface area contributed by atoms with Crippen molar-refractivity contribution in [2.24, 2.45) is 7.05 Å². The molecule has 108 valence electrons. The molecule has 21 heavy (non-hydrogen) atoms. The lowest BCUT2D eigenvalue weighted by Crippen LogP contribution is -2.25. The monoisotopic (exact) mass is 284 g/mol. The number of hydrogen-bond donors (Lipinski definition) is 2. The molecule has 1 amide bonds. The maximum atomic E-state index is 12.0. The number of carbonyl (C=O) groups excluding carboxylic acids is 1. The van der Waals surface area contributed by atoms with Gasteiger partial charge in [0.05, 0.1) is 6.20 Å². The molecule has 6 nitrogen and oxygen atoms in total. The van der Waals surface area contributed by atoms with E-state index in [4.69, 9.17) is 10.2 Å². The van der Waals surface area contributed by atoms with Gasteiger partial charge in [0.15, 0.2) is 5.76 Å². The van der Waals surface area contributed by atoms with Gasteiger partial charge in [-0.25, -0.2) is 0 Å². The van der Waals surface area contributed by atoms with Gasteiger partial charge in [0, 0.05) is 30.9 Å². The zero-order valence-corrected chi connectivity index (χ0v) is 11.7. The lowest BCUT2D eigenvalue weighted by atomic mass is 10.2. The van der Waals surface area contributed by atoms with E-state index < -0.39 is 0 Å². The number of fused-ring (bicyclic) bond motifs is 1. The molecule has 3 rings (SSSR count). The standard InChI is InChI=1S/C15H16N4O2/c1-19-9-10(8-18-19)4-5-17-15(20)14-7-11-6-12(16)2-3-13(11)21-14/h2-3,6-9H,4-5,16H2,1H3,(H,17,20). The Hall–Kier alpha value is -2.76. The van der Waals surface area contributed by atoms with Crippen LogP contribution < -0.4 is 11.1 Å². The predicted molar refractivity (Wildman–Crippen MR) is 79.9 cm³/mol. The molecule has 0 unspecified atom stereocenters. The van der Waals surface area contributed by atoms with Crippen LogP contribution in [-0.2, 0) is 13.5 Å². The second-order valence-corrected chi connectivity index (χ2v) is 4.94. The van der Waals surface area contributed by atoms with Crippen molar-refractivity contribution in [2.45, 2.75) is 6.42 Å². The molecule has 3 N–H and O–H groups in total. The van der Waals surface area contributed by atoms with Crippen molar-refractivity contribution < 1.29 is 9.21 Å². The number of nitrogens with one attached hydrogen (secondary N) is 1. The van der Waals surface area contributed by atoms with Crippen LogP contribution in [0.5, 0.6) is 0 Å². The number of rotatable bonds is 4. The minimum atomic E-state index is -0.228. The highest BCUT2D eigenvalue weighted by atomic mass is 16.3. The first kappa shape index (κ1) is 13.2. The topological polar surface area (TPSA) is 86.1 Å². The summed E-state index contributed by atoms with van der Waals surface area (Å²) in [6.07, 6.45) is 4.44. The van der Waals surface area contributed by atoms with E-state index in [1.54, 1.807) is 35.1 Å². The molecule has 1 aromatic carbocycles. The van der Waals surface area contributed by atoms with Crippen LogP contribution in [0.25, 0.3) is 11.0 Å². The average Bonchev–Trinajstić information content (AvgIpc) is 3.04. The summed E-state index contributed by atoms with van der Waals surface area (Å²) in [6.45, 7) is 0.531. The molecule has 6 heteroatoms. The average molecular weight is 284 g/mol. The van der Waals surface area contributed by atoms with Crippen molar-refractivity contribution in [1.29, 1.82) is 0 Å². The van der Waals surface area contributed by atoms with Crippen molar-refractivity contribution in [3.8, 4) is 0 Å². The lowest BCUT2D eigenvalue weighted by Gasteiger charge is -2.01. The number of aromatic nitrogens is 2. The Balaban J connectivity index is 1.63. The van der Waals surface area contributed by atoms with Gasteiger partial charge in [0.1, 0.15) is 5.58 Å². The number of furan rings is 1. The van der Waals surface area contributed by atoms with E-state index in [1.165, 1.54) is 0 Å². The Bertz CT molecular complexity index is 788. The smallest absolute Gasteiger partial charge is 0.287 e. The van der Waals surface area contributed by atoms with Crippen molar-refractivity contribution in [1.82, 2.24) is 15.1 Å². The Labute approximate surface area is 121 Å². The number of anilines is 1. The van der Waals surface area contributed by atoms with Crippen LogP contribution in [0, 0.1) is 0 Å². The Morgan fingerprint density at radius 3 is 3.05 bits per heavy atom. The molecule has 0 fully saturated rings. The minimum Gasteiger partial charge on any atom is -0.451 e. The second kappa shape index (κ2) is 5.32. The third-order valence-corrected chi connectivity index (χ3v) is 3.22. The maximum absolute atomic E-state index is 12.0. The number of hydrogen-bond acceptors (Lipinski definition) is 4. The van der Waals surface area contributed by atoms with Crippen molar-refractivity contribution in [3.05, 3.63) is 48.0 Å². The van der Waals surface area contributed by atoms with Gasteiger partial charge in [-0.1, -0.05) is 0 Å². The zero-order valence-electron chi connectivity index (χ0n) is 11.7. The fraction of sp³-hybridized carbons (Fsp3) is 0.200. The summed E-state index contributed by atoms with van der Waals surface area (Å²) in [5.74, 6) is 0.0652. The summed E-state index contributed by atoms with van der Waals surface area (Å²) in [6, 6.07) is 6.99. The van der Waals surface area contributed by atoms with E-state index in [0.29, 0.717) is 23.6 Å². The van der Waals surface area contributed by atoms with E-state index in [0.717, 1.165) is 17.4 Å². The highest BCUT2D eigenvalue weighted by Crippen LogP contribution is 2.21. The number of carbonyl (C=O) groups is 1. The van der Waals surface area contributed by atoms with Crippen molar-refractivity contribution >= 4 is 22.6 Å². The van der Waals surface area contributed by atoms with Gasteiger partial charge in [-0.05, 0) is 36.2 Å². The molecule has 0 aliphatic rings. The lowest BCUT2D eigenvalue weighted by molar-refractivity contribution is 0.0928. The number of nitrogens with zero attached hydrogens (tertiary/aromatic N) is 2. The minimum absolute atomic E-state index is 0.228. The Kier molecular flexibility index (Phi) is 3.35. The molecule has 2 heterocycles. The van der Waals surface area contributed by atoms with Crippen LogP contribution in [0.2, 0.25) is 0 Å². The van der Waals surface area contributed by atoms with E-state index in [9.17, 15) is 4.79 Å². The third-order valence-electron chi connectivity index (χ3n) is 3.22. The van der Waals surface area contributed by atoms with Gasteiger partial charge in [-0.3, -0.25) is 9.48 Å². The van der Waals surface area contributed by atoms with Crippen LogP contribution >= 0.6 is 0 Å². The molecule has 0 radical (unpaired) electrons. The Morgan fingerprint density at radius 2 is 2.29 bits per heavy atom. The largest absolute Gasteiger partial charge is 0.451 e. The zero-order chi connectivity index (χ0) is 14.8. The molecule has 0 aliphatic carbocycles. The number of aryl methyl sites for hydroxylation is 1. The van der Waals surface area contributed by atoms with Gasteiger partial charge >= 0.3 is 0 Å². The number of benzene rings is 1. The highest BCUT2D eigenvalue weighted by Gasteiger charge is 2.12. The maximum Gasteiger partial charge on any atom is 0.287 e. The molecule has 2 aromatic heterocycles. The highest BCUT2D eigenvalue weighted by molar-refractivity contribution is 5.96. The second-order valence-electron chi connectivity index (χ2n) is 4.94. The van der Waals surface area contributed by atoms with Crippen molar-refractivity contribution in [3.63, 3.8) is 0 Å². The molecular formula is C15H16N4O2. The fourth-order valence-corrected chi connectivity index (χ4v) is 2.18. The number of amides is 1. The fourth-order valence-electron chi connectivity index (χ4n) is 2.18. The van der Waals surface area contributed by atoms with Crippen LogP contribution in [0.1, 0.15) is 16.1 Å². The van der Waals surface area contributed by atoms with Crippen LogP contribution in [-0.4, -0.2) is 22.2 Å². The van der Waals surface area contributed by atoms with Gasteiger partial charge in [0.25, 0.3) is 5.91 Å². The molecule has 0 spiro atoms.